The van der Waals surface area contributed by atoms with E-state index in [4.69, 9.17) is 16.7 Å². The molecule has 0 saturated heterocycles. The van der Waals surface area contributed by atoms with Crippen molar-refractivity contribution in [1.29, 1.82) is 0 Å². The molecule has 1 aromatic heterocycles. The lowest BCUT2D eigenvalue weighted by atomic mass is 10.2. The standard InChI is InChI=1S/C16H17ClN2O3S/c17-13-6-2-1-5-12(13)16-19-11(10-23-16)9-14(20)18-8-4-3-7-15(21)22/h1-2,5-6,10H,3-4,7-9H2,(H,18,20)(H,21,22). The second kappa shape index (κ2) is 8.64. The Bertz CT molecular complexity index is 687. The number of amides is 1. The van der Waals surface area contributed by atoms with E-state index in [0.717, 1.165) is 10.6 Å². The Kier molecular flexibility index (Phi) is 6.55. The van der Waals surface area contributed by atoms with E-state index in [9.17, 15) is 9.59 Å². The number of unbranched alkanes of at least 4 members (excludes halogenated alkanes) is 1. The van der Waals surface area contributed by atoms with Crippen LogP contribution in [0.5, 0.6) is 0 Å². The lowest BCUT2D eigenvalue weighted by Gasteiger charge is -2.03. The molecule has 5 nitrogen and oxygen atoms in total. The summed E-state index contributed by atoms with van der Waals surface area (Å²) in [7, 11) is 0. The Morgan fingerprint density at radius 2 is 2.04 bits per heavy atom. The molecule has 0 bridgehead atoms. The van der Waals surface area contributed by atoms with Crippen LogP contribution < -0.4 is 5.32 Å². The lowest BCUT2D eigenvalue weighted by Crippen LogP contribution is -2.26. The largest absolute Gasteiger partial charge is 0.481 e. The number of halogens is 1. The summed E-state index contributed by atoms with van der Waals surface area (Å²) in [6.45, 7) is 0.480. The number of carbonyl (C=O) groups excluding carboxylic acids is 1. The Balaban J connectivity index is 1.81. The highest BCUT2D eigenvalue weighted by Gasteiger charge is 2.10. The first-order chi connectivity index (χ1) is 11.1. The second-order valence-electron chi connectivity index (χ2n) is 5.00. The van der Waals surface area contributed by atoms with Crippen molar-refractivity contribution in [2.75, 3.05) is 6.54 Å². The SMILES string of the molecule is O=C(O)CCCCNC(=O)Cc1csc(-c2ccccc2Cl)n1. The van der Waals surface area contributed by atoms with E-state index < -0.39 is 5.97 Å². The molecule has 0 spiro atoms. The van der Waals surface area contributed by atoms with E-state index in [1.54, 1.807) is 0 Å². The van der Waals surface area contributed by atoms with Crippen molar-refractivity contribution < 1.29 is 14.7 Å². The quantitative estimate of drug-likeness (QED) is 0.714. The molecule has 0 fully saturated rings. The molecule has 1 amide bonds. The summed E-state index contributed by atoms with van der Waals surface area (Å²) in [5.41, 5.74) is 1.56. The zero-order valence-corrected chi connectivity index (χ0v) is 14.0. The summed E-state index contributed by atoms with van der Waals surface area (Å²) in [5.74, 6) is -0.928. The molecule has 0 saturated carbocycles. The molecule has 0 unspecified atom stereocenters. The third kappa shape index (κ3) is 5.65. The van der Waals surface area contributed by atoms with E-state index in [0.29, 0.717) is 30.1 Å². The van der Waals surface area contributed by atoms with Gasteiger partial charge in [-0.25, -0.2) is 4.98 Å². The van der Waals surface area contributed by atoms with Crippen molar-refractivity contribution >= 4 is 34.8 Å². The second-order valence-corrected chi connectivity index (χ2v) is 6.27. The highest BCUT2D eigenvalue weighted by molar-refractivity contribution is 7.13. The minimum atomic E-state index is -0.814. The van der Waals surface area contributed by atoms with Gasteiger partial charge in [-0.2, -0.15) is 0 Å². The Morgan fingerprint density at radius 1 is 1.26 bits per heavy atom. The molecule has 7 heteroatoms. The van der Waals surface area contributed by atoms with Gasteiger partial charge >= 0.3 is 5.97 Å². The molecule has 0 aliphatic heterocycles. The molecule has 0 aliphatic rings. The highest BCUT2D eigenvalue weighted by Crippen LogP contribution is 2.30. The van der Waals surface area contributed by atoms with Gasteiger partial charge in [0, 0.05) is 23.9 Å². The van der Waals surface area contributed by atoms with E-state index in [-0.39, 0.29) is 18.7 Å². The maximum Gasteiger partial charge on any atom is 0.303 e. The fraction of sp³-hybridized carbons (Fsp3) is 0.312. The number of aliphatic carboxylic acids is 1. The van der Waals surface area contributed by atoms with E-state index in [1.807, 2.05) is 29.6 Å². The van der Waals surface area contributed by atoms with Crippen LogP contribution >= 0.6 is 22.9 Å². The fourth-order valence-corrected chi connectivity index (χ4v) is 3.14. The van der Waals surface area contributed by atoms with Gasteiger partial charge < -0.3 is 10.4 Å². The van der Waals surface area contributed by atoms with Crippen LogP contribution in [0.15, 0.2) is 29.6 Å². The maximum atomic E-state index is 11.8. The van der Waals surface area contributed by atoms with Crippen LogP contribution in [0.25, 0.3) is 10.6 Å². The molecule has 0 atom stereocenters. The first kappa shape index (κ1) is 17.4. The Hall–Kier alpha value is -1.92. The van der Waals surface area contributed by atoms with Gasteiger partial charge in [0.25, 0.3) is 0 Å². The number of carboxylic acids is 1. The van der Waals surface area contributed by atoms with Crippen molar-refractivity contribution in [2.45, 2.75) is 25.7 Å². The third-order valence-electron chi connectivity index (χ3n) is 3.14. The van der Waals surface area contributed by atoms with Crippen molar-refractivity contribution in [1.82, 2.24) is 10.3 Å². The van der Waals surface area contributed by atoms with Gasteiger partial charge in [0.2, 0.25) is 5.91 Å². The number of hydrogen-bond acceptors (Lipinski definition) is 4. The van der Waals surface area contributed by atoms with E-state index >= 15 is 0 Å². The van der Waals surface area contributed by atoms with E-state index in [2.05, 4.69) is 10.3 Å². The topological polar surface area (TPSA) is 79.3 Å². The number of aromatic nitrogens is 1. The number of hydrogen-bond donors (Lipinski definition) is 2. The maximum absolute atomic E-state index is 11.8. The van der Waals surface area contributed by atoms with Crippen LogP contribution in [0.2, 0.25) is 5.02 Å². The summed E-state index contributed by atoms with van der Waals surface area (Å²) in [6.07, 6.45) is 1.55. The van der Waals surface area contributed by atoms with Crippen LogP contribution in [-0.2, 0) is 16.0 Å². The predicted molar refractivity (Wildman–Crippen MR) is 90.8 cm³/mol. The third-order valence-corrected chi connectivity index (χ3v) is 4.39. The number of nitrogens with zero attached hydrogens (tertiary/aromatic N) is 1. The van der Waals surface area contributed by atoms with Gasteiger partial charge in [0.05, 0.1) is 17.1 Å². The number of benzene rings is 1. The van der Waals surface area contributed by atoms with E-state index in [1.165, 1.54) is 11.3 Å². The first-order valence-electron chi connectivity index (χ1n) is 7.24. The van der Waals surface area contributed by atoms with Crippen LogP contribution in [-0.4, -0.2) is 28.5 Å². The minimum absolute atomic E-state index is 0.115. The molecule has 0 aliphatic carbocycles. The summed E-state index contributed by atoms with van der Waals surface area (Å²) in [6, 6.07) is 7.46. The predicted octanol–water partition coefficient (Wildman–Crippen LogP) is 3.38. The lowest BCUT2D eigenvalue weighted by molar-refractivity contribution is -0.137. The highest BCUT2D eigenvalue weighted by atomic mass is 35.5. The summed E-state index contributed by atoms with van der Waals surface area (Å²) in [4.78, 5) is 26.7. The smallest absolute Gasteiger partial charge is 0.303 e. The van der Waals surface area contributed by atoms with Crippen LogP contribution in [0.1, 0.15) is 25.0 Å². The van der Waals surface area contributed by atoms with Crippen LogP contribution in [0.4, 0.5) is 0 Å². The van der Waals surface area contributed by atoms with Gasteiger partial charge in [-0.05, 0) is 18.9 Å². The number of nitrogens with one attached hydrogen (secondary N) is 1. The summed E-state index contributed by atoms with van der Waals surface area (Å²) < 4.78 is 0. The molecule has 23 heavy (non-hydrogen) atoms. The van der Waals surface area contributed by atoms with Crippen molar-refractivity contribution in [3.05, 3.63) is 40.4 Å². The summed E-state index contributed by atoms with van der Waals surface area (Å²) in [5, 5.41) is 14.6. The molecule has 0 radical (unpaired) electrons. The Morgan fingerprint density at radius 3 is 2.78 bits per heavy atom. The zero-order valence-electron chi connectivity index (χ0n) is 12.4. The van der Waals surface area contributed by atoms with Gasteiger partial charge in [-0.15, -0.1) is 11.3 Å². The number of thiazole rings is 1. The number of carbonyl (C=O) groups is 2. The molecular formula is C16H17ClN2O3S. The molecular weight excluding hydrogens is 336 g/mol. The fourth-order valence-electron chi connectivity index (χ4n) is 2.00. The van der Waals surface area contributed by atoms with Gasteiger partial charge in [0.15, 0.2) is 0 Å². The molecule has 1 aromatic carbocycles. The molecule has 2 N–H and O–H groups in total. The molecule has 2 rings (SSSR count). The number of rotatable bonds is 8. The van der Waals surface area contributed by atoms with Crippen molar-refractivity contribution in [2.24, 2.45) is 0 Å². The minimum Gasteiger partial charge on any atom is -0.481 e. The van der Waals surface area contributed by atoms with Crippen LogP contribution in [0.3, 0.4) is 0 Å². The van der Waals surface area contributed by atoms with Crippen LogP contribution in [0, 0.1) is 0 Å². The number of carboxylic acid groups (broad SMARTS) is 1. The average molecular weight is 353 g/mol. The average Bonchev–Trinajstić information content (AvgIpc) is 2.95. The zero-order chi connectivity index (χ0) is 16.7. The monoisotopic (exact) mass is 352 g/mol. The first-order valence-corrected chi connectivity index (χ1v) is 8.50. The molecule has 2 aromatic rings. The van der Waals surface area contributed by atoms with Gasteiger partial charge in [0.1, 0.15) is 5.01 Å². The molecule has 122 valence electrons. The summed E-state index contributed by atoms with van der Waals surface area (Å²) >= 11 is 7.59. The normalized spacial score (nSPS) is 10.5. The van der Waals surface area contributed by atoms with Gasteiger partial charge in [-0.1, -0.05) is 29.8 Å². The Labute approximate surface area is 143 Å². The van der Waals surface area contributed by atoms with Crippen molar-refractivity contribution in [3.63, 3.8) is 0 Å². The van der Waals surface area contributed by atoms with Gasteiger partial charge in [-0.3, -0.25) is 9.59 Å². The van der Waals surface area contributed by atoms with Crippen molar-refractivity contribution in [3.8, 4) is 10.6 Å². The molecule has 1 heterocycles.